The molecule has 0 saturated heterocycles. The van der Waals surface area contributed by atoms with Crippen molar-refractivity contribution >= 4 is 21.5 Å². The summed E-state index contributed by atoms with van der Waals surface area (Å²) in [5, 5.41) is 14.2. The van der Waals surface area contributed by atoms with Gasteiger partial charge in [0, 0.05) is 17.2 Å². The predicted molar refractivity (Wildman–Crippen MR) is 109 cm³/mol. The monoisotopic (exact) mass is 345 g/mol. The van der Waals surface area contributed by atoms with Gasteiger partial charge in [0.25, 0.3) is 0 Å². The number of nitriles is 1. The minimum atomic E-state index is 0.549. The summed E-state index contributed by atoms with van der Waals surface area (Å²) in [4.78, 5) is 0. The second kappa shape index (κ2) is 6.16. The summed E-state index contributed by atoms with van der Waals surface area (Å²) in [7, 11) is 0. The quantitative estimate of drug-likeness (QED) is 0.353. The number of benzene rings is 4. The molecule has 5 aromatic rings. The number of hydrogen-bond donors (Lipinski definition) is 0. The Hall–Kier alpha value is -3.83. The van der Waals surface area contributed by atoms with E-state index < -0.39 is 0 Å². The van der Waals surface area contributed by atoms with Crippen molar-refractivity contribution in [2.24, 2.45) is 0 Å². The zero-order valence-electron chi connectivity index (χ0n) is 14.5. The van der Waals surface area contributed by atoms with Gasteiger partial charge in [-0.2, -0.15) is 5.26 Å². The second-order valence-corrected chi connectivity index (χ2v) is 6.59. The average Bonchev–Trinajstić information content (AvgIpc) is 3.17. The number of furan rings is 1. The minimum absolute atomic E-state index is 0.549. The topological polar surface area (TPSA) is 36.9 Å². The predicted octanol–water partition coefficient (Wildman–Crippen LogP) is 6.79. The van der Waals surface area contributed by atoms with Gasteiger partial charge in [-0.3, -0.25) is 0 Å². The Balaban J connectivity index is 1.65. The summed E-state index contributed by atoms with van der Waals surface area (Å²) in [6.45, 7) is 0. The number of hydrogen-bond acceptors (Lipinski definition) is 2. The van der Waals surface area contributed by atoms with Crippen LogP contribution in [0.25, 0.3) is 44.2 Å². The molecular weight excluding hydrogens is 330 g/mol. The molecule has 0 aliphatic carbocycles. The molecule has 0 radical (unpaired) electrons. The summed E-state index contributed by atoms with van der Waals surface area (Å²) < 4.78 is 6.15. The Bertz CT molecular complexity index is 1340. The molecule has 0 saturated carbocycles. The molecular formula is C25H15NO. The average molecular weight is 345 g/mol. The molecule has 1 aromatic heterocycles. The molecule has 0 spiro atoms. The van der Waals surface area contributed by atoms with Crippen molar-refractivity contribution in [2.45, 2.75) is 0 Å². The molecule has 0 fully saturated rings. The van der Waals surface area contributed by atoms with Gasteiger partial charge < -0.3 is 4.42 Å². The van der Waals surface area contributed by atoms with Gasteiger partial charge in [-0.25, -0.2) is 0 Å². The highest BCUT2D eigenvalue weighted by Gasteiger charge is 2.15. The molecule has 0 aliphatic heterocycles. The lowest BCUT2D eigenvalue weighted by atomic mass is 10.0. The molecule has 4 aromatic carbocycles. The van der Waals surface area contributed by atoms with Crippen LogP contribution in [-0.4, -0.2) is 0 Å². The van der Waals surface area contributed by atoms with Gasteiger partial charge in [-0.1, -0.05) is 72.8 Å². The van der Waals surface area contributed by atoms with E-state index in [1.165, 1.54) is 10.8 Å². The standard InChI is InChI=1S/C25H15NO/c26-16-23-15-24(21-11-9-17-5-1-3-7-19(17)13-21)27-25(23)22-12-10-18-6-2-4-8-20(18)14-22/h1-15H. The van der Waals surface area contributed by atoms with Crippen molar-refractivity contribution in [3.8, 4) is 28.7 Å². The lowest BCUT2D eigenvalue weighted by Gasteiger charge is -2.03. The van der Waals surface area contributed by atoms with Crippen LogP contribution in [0, 0.1) is 11.3 Å². The molecule has 0 bridgehead atoms. The van der Waals surface area contributed by atoms with Crippen molar-refractivity contribution < 1.29 is 4.42 Å². The SMILES string of the molecule is N#Cc1cc(-c2ccc3ccccc3c2)oc1-c1ccc2ccccc2c1. The van der Waals surface area contributed by atoms with Crippen LogP contribution in [0.2, 0.25) is 0 Å². The van der Waals surface area contributed by atoms with Gasteiger partial charge in [0.1, 0.15) is 11.8 Å². The van der Waals surface area contributed by atoms with Crippen LogP contribution in [0.3, 0.4) is 0 Å². The third-order valence-electron chi connectivity index (χ3n) is 4.90. The summed E-state index contributed by atoms with van der Waals surface area (Å²) in [5.74, 6) is 1.33. The fourth-order valence-electron chi connectivity index (χ4n) is 3.50. The molecule has 126 valence electrons. The Morgan fingerprint density at radius 1 is 0.593 bits per heavy atom. The highest BCUT2D eigenvalue weighted by molar-refractivity contribution is 5.89. The molecule has 5 rings (SSSR count). The summed E-state index contributed by atoms with van der Waals surface area (Å²) in [5.41, 5.74) is 2.43. The molecule has 1 heterocycles. The van der Waals surface area contributed by atoms with Crippen molar-refractivity contribution in [3.63, 3.8) is 0 Å². The zero-order valence-corrected chi connectivity index (χ0v) is 14.5. The van der Waals surface area contributed by atoms with Gasteiger partial charge in [-0.15, -0.1) is 0 Å². The molecule has 0 unspecified atom stereocenters. The number of rotatable bonds is 2. The summed E-state index contributed by atoms with van der Waals surface area (Å²) in [6, 6.07) is 32.8. The van der Waals surface area contributed by atoms with Crippen LogP contribution < -0.4 is 0 Å². The minimum Gasteiger partial charge on any atom is -0.455 e. The maximum atomic E-state index is 9.62. The highest BCUT2D eigenvalue weighted by atomic mass is 16.3. The summed E-state index contributed by atoms with van der Waals surface area (Å²) >= 11 is 0. The Kier molecular flexibility index (Phi) is 3.52. The maximum absolute atomic E-state index is 9.62. The van der Waals surface area contributed by atoms with E-state index in [9.17, 15) is 5.26 Å². The van der Waals surface area contributed by atoms with Crippen LogP contribution in [0.4, 0.5) is 0 Å². The van der Waals surface area contributed by atoms with Gasteiger partial charge in [-0.05, 0) is 33.7 Å². The maximum Gasteiger partial charge on any atom is 0.152 e. The number of fused-ring (bicyclic) bond motifs is 2. The fourth-order valence-corrected chi connectivity index (χ4v) is 3.50. The molecule has 0 atom stereocenters. The molecule has 2 heteroatoms. The largest absolute Gasteiger partial charge is 0.455 e. The first kappa shape index (κ1) is 15.4. The van der Waals surface area contributed by atoms with E-state index in [4.69, 9.17) is 4.42 Å². The number of nitrogens with zero attached hydrogens (tertiary/aromatic N) is 1. The Morgan fingerprint density at radius 3 is 1.78 bits per heavy atom. The molecule has 2 nitrogen and oxygen atoms in total. The van der Waals surface area contributed by atoms with Crippen LogP contribution >= 0.6 is 0 Å². The van der Waals surface area contributed by atoms with Crippen LogP contribution in [0.1, 0.15) is 5.56 Å². The van der Waals surface area contributed by atoms with E-state index in [1.807, 2.05) is 42.5 Å². The second-order valence-electron chi connectivity index (χ2n) is 6.59. The molecule has 0 amide bonds. The van der Waals surface area contributed by atoms with E-state index in [1.54, 1.807) is 0 Å². The Labute approximate surface area is 156 Å². The first-order valence-electron chi connectivity index (χ1n) is 8.84. The summed E-state index contributed by atoms with van der Waals surface area (Å²) in [6.07, 6.45) is 0. The van der Waals surface area contributed by atoms with Crippen LogP contribution in [0.15, 0.2) is 95.4 Å². The highest BCUT2D eigenvalue weighted by Crippen LogP contribution is 2.34. The van der Waals surface area contributed by atoms with Crippen molar-refractivity contribution in [3.05, 3.63) is 96.6 Å². The Morgan fingerprint density at radius 2 is 1.15 bits per heavy atom. The van der Waals surface area contributed by atoms with Gasteiger partial charge in [0.2, 0.25) is 0 Å². The third kappa shape index (κ3) is 2.67. The van der Waals surface area contributed by atoms with Crippen molar-refractivity contribution in [1.29, 1.82) is 5.26 Å². The lowest BCUT2D eigenvalue weighted by Crippen LogP contribution is -1.79. The van der Waals surface area contributed by atoms with E-state index in [2.05, 4.69) is 54.6 Å². The van der Waals surface area contributed by atoms with E-state index in [-0.39, 0.29) is 0 Å². The van der Waals surface area contributed by atoms with Gasteiger partial charge in [0.15, 0.2) is 5.76 Å². The van der Waals surface area contributed by atoms with Crippen molar-refractivity contribution in [1.82, 2.24) is 0 Å². The van der Waals surface area contributed by atoms with E-state index in [0.29, 0.717) is 17.1 Å². The normalized spacial score (nSPS) is 10.9. The first-order chi connectivity index (χ1) is 13.3. The van der Waals surface area contributed by atoms with E-state index >= 15 is 0 Å². The van der Waals surface area contributed by atoms with Gasteiger partial charge in [0.05, 0.1) is 5.56 Å². The smallest absolute Gasteiger partial charge is 0.152 e. The molecule has 27 heavy (non-hydrogen) atoms. The lowest BCUT2D eigenvalue weighted by molar-refractivity contribution is 0.597. The third-order valence-corrected chi connectivity index (χ3v) is 4.90. The van der Waals surface area contributed by atoms with Crippen molar-refractivity contribution in [2.75, 3.05) is 0 Å². The van der Waals surface area contributed by atoms with Crippen LogP contribution in [-0.2, 0) is 0 Å². The van der Waals surface area contributed by atoms with Gasteiger partial charge >= 0.3 is 0 Å². The zero-order chi connectivity index (χ0) is 18.2. The first-order valence-corrected chi connectivity index (χ1v) is 8.84. The fraction of sp³-hybridized carbons (Fsp3) is 0. The molecule has 0 N–H and O–H groups in total. The molecule has 0 aliphatic rings. The van der Waals surface area contributed by atoms with Crippen LogP contribution in [0.5, 0.6) is 0 Å². The van der Waals surface area contributed by atoms with E-state index in [0.717, 1.165) is 21.9 Å².